The molecule has 1 heterocycles. The van der Waals surface area contributed by atoms with Gasteiger partial charge in [0.05, 0.1) is 13.2 Å². The summed E-state index contributed by atoms with van der Waals surface area (Å²) >= 11 is 0. The predicted octanol–water partition coefficient (Wildman–Crippen LogP) is 2.53. The minimum Gasteiger partial charge on any atom is -0.497 e. The lowest BCUT2D eigenvalue weighted by atomic mass is 9.91. The normalized spacial score (nSPS) is 17.6. The summed E-state index contributed by atoms with van der Waals surface area (Å²) in [4.78, 5) is 65.1. The highest BCUT2D eigenvalue weighted by molar-refractivity contribution is 5.93. The smallest absolute Gasteiger partial charge is 0.319 e. The second-order valence-corrected chi connectivity index (χ2v) is 13.3. The van der Waals surface area contributed by atoms with Crippen molar-refractivity contribution in [3.63, 3.8) is 0 Å². The molecule has 1 fully saturated rings. The number of nitrogens with one attached hydrogen (secondary N) is 4. The molecule has 12 nitrogen and oxygen atoms in total. The number of ether oxygens (including phenoxy) is 1. The fraction of sp³-hybridized carbons (Fsp3) is 0.633. The van der Waals surface area contributed by atoms with Crippen LogP contribution in [0.2, 0.25) is 0 Å². The van der Waals surface area contributed by atoms with Gasteiger partial charge in [-0.05, 0) is 42.2 Å². The zero-order valence-corrected chi connectivity index (χ0v) is 26.0. The molecule has 0 spiro atoms. The first-order chi connectivity index (χ1) is 19.5. The number of urea groups is 1. The van der Waals surface area contributed by atoms with E-state index < -0.39 is 36.0 Å². The third kappa shape index (κ3) is 12.0. The molecule has 0 bridgehead atoms. The average Bonchev–Trinajstić information content (AvgIpc) is 3.27. The van der Waals surface area contributed by atoms with Crippen LogP contribution < -0.4 is 31.7 Å². The minimum absolute atomic E-state index is 0.0879. The average molecular weight is 589 g/mol. The minimum atomic E-state index is -0.972. The summed E-state index contributed by atoms with van der Waals surface area (Å²) in [5.74, 6) is -0.953. The van der Waals surface area contributed by atoms with Crippen LogP contribution >= 0.6 is 0 Å². The summed E-state index contributed by atoms with van der Waals surface area (Å²) in [6.07, 6.45) is 1.39. The van der Waals surface area contributed by atoms with Crippen molar-refractivity contribution in [1.82, 2.24) is 20.9 Å². The molecule has 0 aromatic heterocycles. The highest BCUT2D eigenvalue weighted by atomic mass is 16.5. The van der Waals surface area contributed by atoms with Crippen LogP contribution in [-0.4, -0.2) is 72.9 Å². The molecule has 2 rings (SSSR count). The third-order valence-electron chi connectivity index (χ3n) is 6.61. The second kappa shape index (κ2) is 14.9. The maximum Gasteiger partial charge on any atom is 0.319 e. The summed E-state index contributed by atoms with van der Waals surface area (Å²) in [5.41, 5.74) is 5.64. The molecule has 6 N–H and O–H groups in total. The number of carbonyl (C=O) groups excluding carboxylic acids is 5. The number of hydrogen-bond donors (Lipinski definition) is 5. The van der Waals surface area contributed by atoms with Crippen molar-refractivity contribution in [3.8, 4) is 5.75 Å². The predicted molar refractivity (Wildman–Crippen MR) is 161 cm³/mol. The fourth-order valence-corrected chi connectivity index (χ4v) is 4.70. The van der Waals surface area contributed by atoms with Gasteiger partial charge in [0, 0.05) is 37.7 Å². The molecule has 1 saturated heterocycles. The molecular formula is C30H48N6O6. The van der Waals surface area contributed by atoms with Crippen molar-refractivity contribution < 1.29 is 28.7 Å². The first-order valence-electron chi connectivity index (χ1n) is 14.3. The molecule has 1 aromatic carbocycles. The molecule has 1 aliphatic heterocycles. The van der Waals surface area contributed by atoms with Crippen LogP contribution in [0.3, 0.4) is 0 Å². The Morgan fingerprint density at radius 2 is 1.71 bits per heavy atom. The van der Waals surface area contributed by atoms with E-state index in [4.69, 9.17) is 10.5 Å². The van der Waals surface area contributed by atoms with E-state index in [1.807, 2.05) is 41.5 Å². The number of primary amides is 1. The molecular weight excluding hydrogens is 540 g/mol. The van der Waals surface area contributed by atoms with Gasteiger partial charge in [-0.25, -0.2) is 4.79 Å². The number of anilines is 1. The number of rotatable bonds is 12. The van der Waals surface area contributed by atoms with Crippen molar-refractivity contribution in [2.24, 2.45) is 16.6 Å². The van der Waals surface area contributed by atoms with Crippen molar-refractivity contribution >= 4 is 35.3 Å². The third-order valence-corrected chi connectivity index (χ3v) is 6.61. The lowest BCUT2D eigenvalue weighted by Gasteiger charge is -2.28. The number of hydrogen-bond acceptors (Lipinski definition) is 6. The Morgan fingerprint density at radius 1 is 1.05 bits per heavy atom. The Morgan fingerprint density at radius 3 is 2.31 bits per heavy atom. The highest BCUT2D eigenvalue weighted by Crippen LogP contribution is 2.26. The summed E-state index contributed by atoms with van der Waals surface area (Å²) < 4.78 is 5.19. The molecule has 0 radical (unpaired) electrons. The molecule has 6 amide bonds. The second-order valence-electron chi connectivity index (χ2n) is 13.3. The van der Waals surface area contributed by atoms with Gasteiger partial charge in [0.2, 0.25) is 23.6 Å². The van der Waals surface area contributed by atoms with Crippen LogP contribution in [-0.2, 0) is 19.2 Å². The Labute approximate surface area is 248 Å². The molecule has 3 atom stereocenters. The van der Waals surface area contributed by atoms with Gasteiger partial charge in [-0.1, -0.05) is 47.6 Å². The molecule has 1 aliphatic rings. The number of benzene rings is 1. The number of likely N-dealkylation sites (tertiary alicyclic amines) is 1. The van der Waals surface area contributed by atoms with E-state index in [1.54, 1.807) is 24.3 Å². The van der Waals surface area contributed by atoms with Gasteiger partial charge in [-0.15, -0.1) is 0 Å². The van der Waals surface area contributed by atoms with E-state index >= 15 is 0 Å². The van der Waals surface area contributed by atoms with Crippen LogP contribution in [0.15, 0.2) is 24.3 Å². The maximum atomic E-state index is 13.4. The molecule has 0 aliphatic carbocycles. The van der Waals surface area contributed by atoms with Gasteiger partial charge in [0.1, 0.15) is 17.8 Å². The Bertz CT molecular complexity index is 1130. The Hall–Kier alpha value is -3.83. The largest absolute Gasteiger partial charge is 0.497 e. The van der Waals surface area contributed by atoms with Crippen LogP contribution in [0.5, 0.6) is 5.75 Å². The van der Waals surface area contributed by atoms with Crippen LogP contribution in [0.25, 0.3) is 0 Å². The summed E-state index contributed by atoms with van der Waals surface area (Å²) in [5, 5.41) is 11.1. The van der Waals surface area contributed by atoms with Crippen LogP contribution in [0, 0.1) is 10.8 Å². The highest BCUT2D eigenvalue weighted by Gasteiger charge is 2.41. The molecule has 0 saturated carbocycles. The van der Waals surface area contributed by atoms with Crippen LogP contribution in [0.1, 0.15) is 73.6 Å². The first kappa shape index (κ1) is 34.4. The van der Waals surface area contributed by atoms with Crippen molar-refractivity contribution in [3.05, 3.63) is 24.3 Å². The molecule has 12 heteroatoms. The molecule has 42 heavy (non-hydrogen) atoms. The van der Waals surface area contributed by atoms with E-state index in [2.05, 4.69) is 21.3 Å². The van der Waals surface area contributed by atoms with Crippen molar-refractivity contribution in [1.29, 1.82) is 0 Å². The summed E-state index contributed by atoms with van der Waals surface area (Å²) in [6.45, 7) is 12.2. The lowest BCUT2D eigenvalue weighted by Crippen LogP contribution is -2.52. The molecule has 234 valence electrons. The van der Waals surface area contributed by atoms with E-state index in [1.165, 1.54) is 12.0 Å². The van der Waals surface area contributed by atoms with Gasteiger partial charge in [0.25, 0.3) is 0 Å². The van der Waals surface area contributed by atoms with Gasteiger partial charge < -0.3 is 36.6 Å². The molecule has 1 aromatic rings. The van der Waals surface area contributed by atoms with E-state index in [9.17, 15) is 24.0 Å². The summed E-state index contributed by atoms with van der Waals surface area (Å²) in [7, 11) is 1.53. The van der Waals surface area contributed by atoms with E-state index in [0.717, 1.165) is 0 Å². The maximum absolute atomic E-state index is 13.4. The zero-order valence-electron chi connectivity index (χ0n) is 26.0. The fourth-order valence-electron chi connectivity index (χ4n) is 4.70. The number of nitrogens with zero attached hydrogens (tertiary/aromatic N) is 1. The van der Waals surface area contributed by atoms with Gasteiger partial charge in [0.15, 0.2) is 0 Å². The monoisotopic (exact) mass is 588 g/mol. The summed E-state index contributed by atoms with van der Waals surface area (Å²) in [6, 6.07) is 4.03. The van der Waals surface area contributed by atoms with Gasteiger partial charge in [-0.3, -0.25) is 19.2 Å². The zero-order chi connectivity index (χ0) is 31.7. The number of nitrogens with two attached hydrogens (primary N) is 1. The quantitative estimate of drug-likeness (QED) is 0.235. The van der Waals surface area contributed by atoms with Gasteiger partial charge in [-0.2, -0.15) is 0 Å². The Kier molecular flexibility index (Phi) is 12.2. The van der Waals surface area contributed by atoms with Crippen LogP contribution in [0.4, 0.5) is 10.5 Å². The Balaban J connectivity index is 2.05. The topological polar surface area (TPSA) is 172 Å². The van der Waals surface area contributed by atoms with Crippen molar-refractivity contribution in [2.75, 3.05) is 25.5 Å². The standard InChI is InChI=1S/C30H48N6O6/c1-29(2,3)16-24(37)32-13-9-12-22(26(31)39)35-27(40)23-15-20(18-36(23)25(38)17-30(4,5)6)34-28(41)33-19-10-8-11-21(14-19)42-7/h8,10-11,14,20,22-23H,9,12-13,15-18H2,1-7H3,(H2,31,39)(H,32,37)(H,35,40)(H2,33,34,41). The van der Waals surface area contributed by atoms with E-state index in [0.29, 0.717) is 30.8 Å². The van der Waals surface area contributed by atoms with Crippen molar-refractivity contribution in [2.45, 2.75) is 91.8 Å². The number of amides is 6. The van der Waals surface area contributed by atoms with Gasteiger partial charge >= 0.3 is 6.03 Å². The number of carbonyl (C=O) groups is 5. The van der Waals surface area contributed by atoms with E-state index in [-0.39, 0.29) is 48.5 Å². The number of methoxy groups -OCH3 is 1. The molecule has 3 unspecified atom stereocenters. The first-order valence-corrected chi connectivity index (χ1v) is 14.3. The lowest BCUT2D eigenvalue weighted by molar-refractivity contribution is -0.140. The SMILES string of the molecule is COc1cccc(NC(=O)NC2CC(C(=O)NC(CCCNC(=O)CC(C)(C)C)C(N)=O)N(C(=O)CC(C)(C)C)C2)c1.